The number of rotatable bonds is 10. The van der Waals surface area contributed by atoms with Crippen LogP contribution in [-0.4, -0.2) is 151 Å². The molecule has 3 aliphatic carbocycles. The molecule has 4 saturated heterocycles. The minimum atomic E-state index is -2.01. The van der Waals surface area contributed by atoms with E-state index in [-0.39, 0.29) is 31.0 Å². The van der Waals surface area contributed by atoms with Gasteiger partial charge in [0.05, 0.1) is 61.2 Å². The number of carbonyl (C=O) groups excluding carboxylic acids is 2. The highest BCUT2D eigenvalue weighted by atomic mass is 16.7. The molecule has 0 aromatic heterocycles. The maximum Gasteiger partial charge on any atom is 0.316 e. The fourth-order valence-corrected chi connectivity index (χ4v) is 13.6. The van der Waals surface area contributed by atoms with Gasteiger partial charge in [0, 0.05) is 51.7 Å². The van der Waals surface area contributed by atoms with Crippen molar-refractivity contribution in [3.8, 4) is 0 Å². The summed E-state index contributed by atoms with van der Waals surface area (Å²) in [7, 11) is 3.20. The van der Waals surface area contributed by atoms with Crippen LogP contribution in [0.1, 0.15) is 120 Å². The fraction of sp³-hybridized carbons (Fsp3) is 0.772. The number of allylic oxidation sites excluding steroid dienone is 2. The maximum atomic E-state index is 14.9. The molecule has 0 radical (unpaired) electrons. The third kappa shape index (κ3) is 10.9. The molecule has 6 heterocycles. The van der Waals surface area contributed by atoms with Crippen molar-refractivity contribution in [2.24, 2.45) is 40.9 Å². The van der Waals surface area contributed by atoms with Gasteiger partial charge in [-0.15, -0.1) is 0 Å². The molecule has 2 bridgehead atoms. The van der Waals surface area contributed by atoms with Gasteiger partial charge in [-0.05, 0) is 81.1 Å². The third-order valence-corrected chi connectivity index (χ3v) is 18.0. The largest absolute Gasteiger partial charge is 0.481 e. The van der Waals surface area contributed by atoms with E-state index in [1.165, 1.54) is 6.42 Å². The second-order valence-corrected chi connectivity index (χ2v) is 23.5. The normalized spacial score (nSPS) is 47.5. The smallest absolute Gasteiger partial charge is 0.316 e. The number of ether oxygens (including phenoxy) is 11. The summed E-state index contributed by atoms with van der Waals surface area (Å²) in [5.41, 5.74) is -1.05. The molecule has 412 valence electrons. The average Bonchev–Trinajstić information content (AvgIpc) is 3.81. The zero-order valence-corrected chi connectivity index (χ0v) is 44.9. The summed E-state index contributed by atoms with van der Waals surface area (Å²) < 4.78 is 70.9. The highest BCUT2D eigenvalue weighted by Crippen LogP contribution is 2.59. The predicted octanol–water partition coefficient (Wildman–Crippen LogP) is 6.82. The standard InChI is InChI=1S/C57H82O17/c1-29-15-14-18-36-28-66-51-49(72-54(62)45-44(52(59)60)55(45,7)8)32(4)23-39(57(36,51)63)53(61)69-38-24-37(73-56(27-38)22-21-31(3)48(74-56)35-16-12-11-13-17-35)20-19-30(2)47(29)70-43-26-41(65-10)50(34(6)68-43)71-42-25-40(64-9)46(58)33(5)67-42/h14-15,18-19,21-23,29,31,33-35,37-51,58,63H,11-13,16-17,20,24-28H2,1-10H3,(H,59,60)/b15-14+,30-19+,36-18+/t29-,31-,33-,34-,37+,38-,39-,40-,41-,42-,43-,44?,45?,46-,47-,48-,49+,50-,51+,56+,57+/m0/s1. The summed E-state index contributed by atoms with van der Waals surface area (Å²) in [5.74, 6) is -6.41. The van der Waals surface area contributed by atoms with Gasteiger partial charge >= 0.3 is 17.9 Å². The lowest BCUT2D eigenvalue weighted by Gasteiger charge is -2.49. The van der Waals surface area contributed by atoms with Gasteiger partial charge in [0.1, 0.15) is 35.9 Å². The van der Waals surface area contributed by atoms with Gasteiger partial charge < -0.3 is 67.4 Å². The first-order valence-electron chi connectivity index (χ1n) is 27.3. The van der Waals surface area contributed by atoms with Gasteiger partial charge in [0.25, 0.3) is 0 Å². The summed E-state index contributed by atoms with van der Waals surface area (Å²) >= 11 is 0. The Kier molecular flexibility index (Phi) is 16.6. The van der Waals surface area contributed by atoms with Gasteiger partial charge in [0.15, 0.2) is 24.5 Å². The van der Waals surface area contributed by atoms with Crippen LogP contribution in [0.4, 0.5) is 0 Å². The topological polar surface area (TPSA) is 213 Å². The molecule has 6 fully saturated rings. The maximum absolute atomic E-state index is 14.9. The molecule has 2 unspecified atom stereocenters. The number of methoxy groups -OCH3 is 2. The van der Waals surface area contributed by atoms with Crippen molar-refractivity contribution in [3.05, 3.63) is 59.3 Å². The molecular weight excluding hydrogens is 957 g/mol. The number of fused-ring (bicyclic) bond motifs is 2. The van der Waals surface area contributed by atoms with Gasteiger partial charge in [0.2, 0.25) is 0 Å². The molecule has 17 heteroatoms. The summed E-state index contributed by atoms with van der Waals surface area (Å²) in [5, 5.41) is 33.6. The van der Waals surface area contributed by atoms with Crippen LogP contribution in [0.15, 0.2) is 59.3 Å². The van der Waals surface area contributed by atoms with Crippen molar-refractivity contribution < 1.29 is 81.8 Å². The van der Waals surface area contributed by atoms with E-state index >= 15 is 0 Å². The number of hydrogen-bond acceptors (Lipinski definition) is 16. The third-order valence-electron chi connectivity index (χ3n) is 18.0. The molecule has 21 atom stereocenters. The molecule has 9 aliphatic rings. The molecular formula is C57H82O17. The van der Waals surface area contributed by atoms with Crippen LogP contribution < -0.4 is 0 Å². The Hall–Kier alpha value is -3.33. The number of esters is 2. The van der Waals surface area contributed by atoms with E-state index in [4.69, 9.17) is 52.1 Å². The van der Waals surface area contributed by atoms with Gasteiger partial charge in [-0.1, -0.05) is 83.4 Å². The Morgan fingerprint density at radius 3 is 2.22 bits per heavy atom. The Balaban J connectivity index is 1.03. The van der Waals surface area contributed by atoms with Crippen LogP contribution in [0.25, 0.3) is 0 Å². The van der Waals surface area contributed by atoms with Crippen molar-refractivity contribution >= 4 is 17.9 Å². The molecule has 17 nitrogen and oxygen atoms in total. The van der Waals surface area contributed by atoms with Crippen molar-refractivity contribution in [2.45, 2.75) is 217 Å². The van der Waals surface area contributed by atoms with Crippen molar-refractivity contribution in [3.63, 3.8) is 0 Å². The highest BCUT2D eigenvalue weighted by Gasteiger charge is 2.68. The first-order valence-corrected chi connectivity index (χ1v) is 27.3. The number of aliphatic carboxylic acids is 1. The summed E-state index contributed by atoms with van der Waals surface area (Å²) in [6.45, 7) is 15.0. The van der Waals surface area contributed by atoms with Crippen molar-refractivity contribution in [1.29, 1.82) is 0 Å². The van der Waals surface area contributed by atoms with Crippen molar-refractivity contribution in [2.75, 3.05) is 20.8 Å². The van der Waals surface area contributed by atoms with Gasteiger partial charge in [-0.25, -0.2) is 0 Å². The highest BCUT2D eigenvalue weighted by molar-refractivity contribution is 5.89. The minimum absolute atomic E-state index is 0.0796. The number of carboxylic acids is 1. The predicted molar refractivity (Wildman–Crippen MR) is 267 cm³/mol. The Labute approximate surface area is 436 Å². The van der Waals surface area contributed by atoms with Gasteiger partial charge in [-0.2, -0.15) is 0 Å². The Morgan fingerprint density at radius 2 is 1.51 bits per heavy atom. The average molecular weight is 1040 g/mol. The first-order chi connectivity index (χ1) is 35.2. The summed E-state index contributed by atoms with van der Waals surface area (Å²) in [6.07, 6.45) is 12.4. The quantitative estimate of drug-likeness (QED) is 0.151. The SMILES string of the molecule is CO[C@H]1C[C@H](O[C@H]2[C@H](C)O[C@@H](O[C@@H]3/C(C)=C/C[C@@H]4C[C@@H](C[C@]5(C=C[C@H](C)[C@@H](C6CCCCC6)O5)O4)OC(=O)[C@@H]4C=C(C)[C@@H](OC(=O)C5C(C(=O)O)C5(C)C)[C@H]5OC/C(=C\C=C\[C@@H]3C)[C@]54O)C[C@@H]2OC)O[C@@H](C)[C@@H]1O. The Morgan fingerprint density at radius 1 is 0.811 bits per heavy atom. The number of carbonyl (C=O) groups is 3. The first kappa shape index (κ1) is 55.4. The summed E-state index contributed by atoms with van der Waals surface area (Å²) in [4.78, 5) is 40.8. The fourth-order valence-electron chi connectivity index (χ4n) is 13.6. The van der Waals surface area contributed by atoms with E-state index < -0.39 is 132 Å². The van der Waals surface area contributed by atoms with E-state index in [2.05, 4.69) is 19.1 Å². The summed E-state index contributed by atoms with van der Waals surface area (Å²) in [6, 6.07) is 0. The lowest BCUT2D eigenvalue weighted by Crippen LogP contribution is -2.59. The second-order valence-electron chi connectivity index (χ2n) is 23.5. The van der Waals surface area contributed by atoms with E-state index in [1.807, 2.05) is 39.0 Å². The van der Waals surface area contributed by atoms with Crippen LogP contribution in [0.3, 0.4) is 0 Å². The van der Waals surface area contributed by atoms with E-state index in [0.29, 0.717) is 42.7 Å². The lowest BCUT2D eigenvalue weighted by atomic mass is 9.70. The molecule has 1 spiro atoms. The van der Waals surface area contributed by atoms with Crippen molar-refractivity contribution in [1.82, 2.24) is 0 Å². The molecule has 3 N–H and O–H groups in total. The number of hydrogen-bond donors (Lipinski definition) is 3. The number of aliphatic hydroxyl groups excluding tert-OH is 1. The molecule has 2 saturated carbocycles. The number of carboxylic acid groups (broad SMARTS) is 1. The van der Waals surface area contributed by atoms with Crippen LogP contribution >= 0.6 is 0 Å². The van der Waals surface area contributed by atoms with Crippen LogP contribution in [0.5, 0.6) is 0 Å². The van der Waals surface area contributed by atoms with Gasteiger partial charge in [-0.3, -0.25) is 14.4 Å². The minimum Gasteiger partial charge on any atom is -0.481 e. The Bertz CT molecular complexity index is 2210. The van der Waals surface area contributed by atoms with E-state index in [9.17, 15) is 29.7 Å². The molecule has 74 heavy (non-hydrogen) atoms. The van der Waals surface area contributed by atoms with E-state index in [0.717, 1.165) is 31.3 Å². The zero-order chi connectivity index (χ0) is 53.0. The second kappa shape index (κ2) is 22.2. The van der Waals surface area contributed by atoms with Crippen LogP contribution in [0, 0.1) is 40.9 Å². The molecule has 0 amide bonds. The van der Waals surface area contributed by atoms with E-state index in [1.54, 1.807) is 54.1 Å². The van der Waals surface area contributed by atoms with Crippen LogP contribution in [-0.2, 0) is 66.5 Å². The molecule has 0 aromatic rings. The monoisotopic (exact) mass is 1040 g/mol. The lowest BCUT2D eigenvalue weighted by molar-refractivity contribution is -0.318. The molecule has 0 aromatic carbocycles. The number of aliphatic hydroxyl groups is 2. The molecule has 9 rings (SSSR count). The van der Waals surface area contributed by atoms with Crippen LogP contribution in [0.2, 0.25) is 0 Å². The zero-order valence-electron chi connectivity index (χ0n) is 44.9. The molecule has 6 aliphatic heterocycles.